The highest BCUT2D eigenvalue weighted by Gasteiger charge is 2.20. The second-order valence-electron chi connectivity index (χ2n) is 5.10. The molecule has 1 aliphatic rings. The second kappa shape index (κ2) is 5.31. The van der Waals surface area contributed by atoms with Crippen molar-refractivity contribution in [1.82, 2.24) is 15.3 Å². The Bertz CT molecular complexity index is 604. The molecule has 2 aromatic heterocycles. The van der Waals surface area contributed by atoms with Crippen LogP contribution in [0.4, 0.5) is 0 Å². The van der Waals surface area contributed by atoms with E-state index >= 15 is 0 Å². The first kappa shape index (κ1) is 12.6. The maximum atomic E-state index is 11.9. The number of aromatic nitrogens is 2. The van der Waals surface area contributed by atoms with Crippen molar-refractivity contribution < 1.29 is 4.79 Å². The summed E-state index contributed by atoms with van der Waals surface area (Å²) in [6.07, 6.45) is 5.50. The first-order valence-electron chi connectivity index (χ1n) is 6.57. The number of hydrogen-bond donors (Lipinski definition) is 2. The van der Waals surface area contributed by atoms with Crippen LogP contribution in [-0.2, 0) is 11.2 Å². The molecule has 0 aliphatic carbocycles. The van der Waals surface area contributed by atoms with Gasteiger partial charge in [-0.2, -0.15) is 0 Å². The van der Waals surface area contributed by atoms with Gasteiger partial charge in [-0.3, -0.25) is 4.79 Å². The van der Waals surface area contributed by atoms with Gasteiger partial charge in [0.2, 0.25) is 0 Å². The summed E-state index contributed by atoms with van der Waals surface area (Å²) in [5, 5.41) is 4.81. The molecule has 0 radical (unpaired) electrons. The van der Waals surface area contributed by atoms with E-state index in [0.29, 0.717) is 29.6 Å². The van der Waals surface area contributed by atoms with Crippen LogP contribution >= 0.6 is 11.6 Å². The number of pyridine rings is 1. The summed E-state index contributed by atoms with van der Waals surface area (Å²) in [7, 11) is 0. The summed E-state index contributed by atoms with van der Waals surface area (Å²) in [5.74, 6) is 0.879. The molecule has 2 N–H and O–H groups in total. The fourth-order valence-electron chi connectivity index (χ4n) is 2.48. The van der Waals surface area contributed by atoms with Gasteiger partial charge < -0.3 is 10.3 Å². The van der Waals surface area contributed by atoms with Gasteiger partial charge in [0.15, 0.2) is 0 Å². The number of Topliss-reactive ketones (excluding diaryl/α,β-unsaturated/α-hetero) is 1. The van der Waals surface area contributed by atoms with Crippen molar-refractivity contribution in [1.29, 1.82) is 0 Å². The molecule has 4 nitrogen and oxygen atoms in total. The summed E-state index contributed by atoms with van der Waals surface area (Å²) in [6, 6.07) is 1.94. The molecular weight excluding hydrogens is 262 g/mol. The number of carbonyl (C=O) groups is 1. The molecule has 3 heterocycles. The lowest BCUT2D eigenvalue weighted by Crippen LogP contribution is -2.42. The zero-order valence-corrected chi connectivity index (χ0v) is 11.3. The third kappa shape index (κ3) is 2.65. The zero-order valence-electron chi connectivity index (χ0n) is 10.6. The topological polar surface area (TPSA) is 57.8 Å². The third-order valence-corrected chi connectivity index (χ3v) is 3.97. The molecule has 0 aromatic carbocycles. The minimum atomic E-state index is 0.336. The fraction of sp³-hybridized carbons (Fsp3) is 0.429. The third-order valence-electron chi connectivity index (χ3n) is 3.67. The standard InChI is InChI=1S/C14H16ClN3O/c15-12-8-18-14-13(12)10(3-4-17-14)1-2-11(19)5-9-6-16-7-9/h3-4,8-9,16H,1-2,5-7H2,(H,17,18). The summed E-state index contributed by atoms with van der Waals surface area (Å²) in [6.45, 7) is 1.96. The predicted octanol–water partition coefficient (Wildman–Crippen LogP) is 2.33. The fourth-order valence-corrected chi connectivity index (χ4v) is 2.75. The SMILES string of the molecule is O=C(CCc1ccnc2[nH]cc(Cl)c12)CC1CNC1. The molecule has 1 fully saturated rings. The normalized spacial score (nSPS) is 15.6. The van der Waals surface area contributed by atoms with E-state index in [9.17, 15) is 4.79 Å². The van der Waals surface area contributed by atoms with E-state index < -0.39 is 0 Å². The van der Waals surface area contributed by atoms with Crippen LogP contribution in [0.3, 0.4) is 0 Å². The molecular formula is C14H16ClN3O. The number of nitrogens with zero attached hydrogens (tertiary/aromatic N) is 1. The van der Waals surface area contributed by atoms with Crippen LogP contribution in [0.1, 0.15) is 18.4 Å². The number of aromatic amines is 1. The molecule has 1 saturated heterocycles. The molecule has 2 aromatic rings. The van der Waals surface area contributed by atoms with Crippen molar-refractivity contribution in [2.45, 2.75) is 19.3 Å². The number of ketones is 1. The molecule has 0 unspecified atom stereocenters. The molecule has 0 atom stereocenters. The Morgan fingerprint density at radius 2 is 2.32 bits per heavy atom. The molecule has 0 bridgehead atoms. The van der Waals surface area contributed by atoms with Crippen LogP contribution in [0, 0.1) is 5.92 Å². The summed E-state index contributed by atoms with van der Waals surface area (Å²) in [4.78, 5) is 19.2. The van der Waals surface area contributed by atoms with Gasteiger partial charge in [-0.25, -0.2) is 4.98 Å². The minimum Gasteiger partial charge on any atom is -0.345 e. The molecule has 5 heteroatoms. The first-order chi connectivity index (χ1) is 9.24. The molecule has 0 saturated carbocycles. The van der Waals surface area contributed by atoms with Gasteiger partial charge in [0.25, 0.3) is 0 Å². The largest absolute Gasteiger partial charge is 0.345 e. The van der Waals surface area contributed by atoms with Crippen molar-refractivity contribution in [3.05, 3.63) is 29.0 Å². The zero-order chi connectivity index (χ0) is 13.2. The van der Waals surface area contributed by atoms with Crippen LogP contribution in [0.25, 0.3) is 11.0 Å². The first-order valence-corrected chi connectivity index (χ1v) is 6.94. The lowest BCUT2D eigenvalue weighted by Gasteiger charge is -2.26. The predicted molar refractivity (Wildman–Crippen MR) is 75.4 cm³/mol. The van der Waals surface area contributed by atoms with E-state index in [-0.39, 0.29) is 0 Å². The molecule has 3 rings (SSSR count). The number of fused-ring (bicyclic) bond motifs is 1. The van der Waals surface area contributed by atoms with E-state index in [2.05, 4.69) is 15.3 Å². The van der Waals surface area contributed by atoms with Gasteiger partial charge in [0, 0.05) is 30.6 Å². The van der Waals surface area contributed by atoms with Crippen LogP contribution < -0.4 is 5.32 Å². The van der Waals surface area contributed by atoms with Crippen LogP contribution in [-0.4, -0.2) is 28.8 Å². The molecule has 1 aliphatic heterocycles. The highest BCUT2D eigenvalue weighted by atomic mass is 35.5. The van der Waals surface area contributed by atoms with E-state index in [1.807, 2.05) is 6.07 Å². The van der Waals surface area contributed by atoms with Crippen molar-refractivity contribution in [3.63, 3.8) is 0 Å². The van der Waals surface area contributed by atoms with Gasteiger partial charge in [-0.1, -0.05) is 11.6 Å². The Labute approximate surface area is 116 Å². The number of nitrogens with one attached hydrogen (secondary N) is 2. The van der Waals surface area contributed by atoms with Crippen molar-refractivity contribution in [2.75, 3.05) is 13.1 Å². The highest BCUT2D eigenvalue weighted by molar-refractivity contribution is 6.35. The van der Waals surface area contributed by atoms with Crippen LogP contribution in [0.5, 0.6) is 0 Å². The average molecular weight is 278 g/mol. The van der Waals surface area contributed by atoms with E-state index in [4.69, 9.17) is 11.6 Å². The van der Waals surface area contributed by atoms with Crippen molar-refractivity contribution in [3.8, 4) is 0 Å². The monoisotopic (exact) mass is 277 g/mol. The van der Waals surface area contributed by atoms with E-state index in [0.717, 1.165) is 36.1 Å². The number of hydrogen-bond acceptors (Lipinski definition) is 3. The molecule has 0 amide bonds. The number of aryl methyl sites for hydroxylation is 1. The van der Waals surface area contributed by atoms with E-state index in [1.165, 1.54) is 0 Å². The van der Waals surface area contributed by atoms with E-state index in [1.54, 1.807) is 12.4 Å². The van der Waals surface area contributed by atoms with Crippen molar-refractivity contribution in [2.24, 2.45) is 5.92 Å². The number of halogens is 1. The minimum absolute atomic E-state index is 0.336. The smallest absolute Gasteiger partial charge is 0.139 e. The number of rotatable bonds is 5. The Balaban J connectivity index is 1.67. The van der Waals surface area contributed by atoms with Crippen LogP contribution in [0.15, 0.2) is 18.5 Å². The van der Waals surface area contributed by atoms with Crippen LogP contribution in [0.2, 0.25) is 5.02 Å². The average Bonchev–Trinajstić information content (AvgIpc) is 2.74. The summed E-state index contributed by atoms with van der Waals surface area (Å²) >= 11 is 6.14. The van der Waals surface area contributed by atoms with Gasteiger partial charge in [0.1, 0.15) is 11.4 Å². The van der Waals surface area contributed by atoms with Gasteiger partial charge >= 0.3 is 0 Å². The Morgan fingerprint density at radius 1 is 1.47 bits per heavy atom. The van der Waals surface area contributed by atoms with Gasteiger partial charge in [-0.15, -0.1) is 0 Å². The maximum Gasteiger partial charge on any atom is 0.139 e. The van der Waals surface area contributed by atoms with Gasteiger partial charge in [0.05, 0.1) is 5.02 Å². The van der Waals surface area contributed by atoms with Crippen molar-refractivity contribution >= 4 is 28.4 Å². The van der Waals surface area contributed by atoms with Gasteiger partial charge in [-0.05, 0) is 37.1 Å². The summed E-state index contributed by atoms with van der Waals surface area (Å²) in [5.41, 5.74) is 1.88. The number of H-pyrrole nitrogens is 1. The Kier molecular flexibility index (Phi) is 3.53. The molecule has 19 heavy (non-hydrogen) atoms. The highest BCUT2D eigenvalue weighted by Crippen LogP contribution is 2.26. The lowest BCUT2D eigenvalue weighted by atomic mass is 9.94. The molecule has 100 valence electrons. The summed E-state index contributed by atoms with van der Waals surface area (Å²) < 4.78 is 0. The lowest BCUT2D eigenvalue weighted by molar-refractivity contribution is -0.120. The quantitative estimate of drug-likeness (QED) is 0.882. The maximum absolute atomic E-state index is 11.9. The second-order valence-corrected chi connectivity index (χ2v) is 5.50. The Morgan fingerprint density at radius 3 is 3.05 bits per heavy atom. The number of carbonyl (C=O) groups excluding carboxylic acids is 1. The Hall–Kier alpha value is -1.39. The molecule has 0 spiro atoms.